The fourth-order valence-electron chi connectivity index (χ4n) is 1.82. The number of amides is 1. The van der Waals surface area contributed by atoms with Gasteiger partial charge < -0.3 is 10.6 Å². The van der Waals surface area contributed by atoms with Crippen molar-refractivity contribution in [3.8, 4) is 0 Å². The molecule has 0 fully saturated rings. The maximum Gasteiger partial charge on any atom is 0.255 e. The molecule has 1 amide bonds. The largest absolute Gasteiger partial charge is 0.373 e. The van der Waals surface area contributed by atoms with Gasteiger partial charge in [-0.05, 0) is 30.7 Å². The van der Waals surface area contributed by atoms with E-state index >= 15 is 0 Å². The van der Waals surface area contributed by atoms with Gasteiger partial charge in [-0.15, -0.1) is 0 Å². The summed E-state index contributed by atoms with van der Waals surface area (Å²) in [7, 11) is 1.69. The molecule has 0 aliphatic carbocycles. The van der Waals surface area contributed by atoms with Gasteiger partial charge in [0.2, 0.25) is 0 Å². The fourth-order valence-corrected chi connectivity index (χ4v) is 1.82. The zero-order chi connectivity index (χ0) is 15.4. The minimum absolute atomic E-state index is 0.194. The van der Waals surface area contributed by atoms with Gasteiger partial charge in [-0.3, -0.25) is 4.79 Å². The normalized spacial score (nSPS) is 10.3. The Hall–Kier alpha value is -2.50. The van der Waals surface area contributed by atoms with E-state index in [1.165, 1.54) is 0 Å². The molecule has 1 aromatic heterocycles. The number of rotatable bonds is 4. The summed E-state index contributed by atoms with van der Waals surface area (Å²) < 4.78 is 26.6. The number of carbonyl (C=O) groups excluding carboxylic acids is 1. The Balaban J connectivity index is 2.29. The molecule has 1 aromatic carbocycles. The van der Waals surface area contributed by atoms with Gasteiger partial charge in [0.25, 0.3) is 5.91 Å². The second-order valence-corrected chi connectivity index (χ2v) is 4.41. The highest BCUT2D eigenvalue weighted by Gasteiger charge is 2.12. The number of anilines is 2. The van der Waals surface area contributed by atoms with E-state index in [0.717, 1.165) is 23.9 Å². The fraction of sp³-hybridized carbons (Fsp3) is 0.200. The summed E-state index contributed by atoms with van der Waals surface area (Å²) in [5.41, 5.74) is 0.863. The molecular formula is C15H15F2N3O. The first-order valence-electron chi connectivity index (χ1n) is 6.48. The number of hydrogen-bond donors (Lipinski definition) is 2. The van der Waals surface area contributed by atoms with Crippen LogP contribution in [0, 0.1) is 11.6 Å². The van der Waals surface area contributed by atoms with Crippen LogP contribution in [0.2, 0.25) is 0 Å². The van der Waals surface area contributed by atoms with E-state index in [9.17, 15) is 13.6 Å². The lowest BCUT2D eigenvalue weighted by Gasteiger charge is -2.09. The molecule has 0 atom stereocenters. The van der Waals surface area contributed by atoms with E-state index in [1.54, 1.807) is 19.2 Å². The van der Waals surface area contributed by atoms with E-state index in [4.69, 9.17) is 0 Å². The van der Waals surface area contributed by atoms with E-state index in [2.05, 4.69) is 15.6 Å². The second-order valence-electron chi connectivity index (χ2n) is 4.41. The van der Waals surface area contributed by atoms with E-state index in [-0.39, 0.29) is 5.69 Å². The summed E-state index contributed by atoms with van der Waals surface area (Å²) in [5.74, 6) is -1.29. The van der Waals surface area contributed by atoms with Gasteiger partial charge >= 0.3 is 0 Å². The average molecular weight is 291 g/mol. The smallest absolute Gasteiger partial charge is 0.255 e. The maximum atomic E-state index is 13.5. The first-order valence-corrected chi connectivity index (χ1v) is 6.48. The lowest BCUT2D eigenvalue weighted by atomic mass is 10.1. The lowest BCUT2D eigenvalue weighted by molar-refractivity contribution is 0.102. The SMILES string of the molecule is CCc1cc(C(=O)Nc2cc(F)ccc2F)cc(NC)n1. The highest BCUT2D eigenvalue weighted by Crippen LogP contribution is 2.18. The van der Waals surface area contributed by atoms with Gasteiger partial charge in [0, 0.05) is 24.4 Å². The number of carbonyl (C=O) groups is 1. The molecule has 1 heterocycles. The average Bonchev–Trinajstić information content (AvgIpc) is 2.50. The van der Waals surface area contributed by atoms with Crippen molar-refractivity contribution < 1.29 is 13.6 Å². The molecule has 4 nitrogen and oxygen atoms in total. The number of pyridine rings is 1. The third-order valence-electron chi connectivity index (χ3n) is 2.94. The molecule has 0 saturated carbocycles. The van der Waals surface area contributed by atoms with Crippen LogP contribution in [0.1, 0.15) is 23.0 Å². The topological polar surface area (TPSA) is 54.0 Å². The van der Waals surface area contributed by atoms with Crippen LogP contribution in [0.3, 0.4) is 0 Å². The molecule has 0 bridgehead atoms. The number of nitrogens with one attached hydrogen (secondary N) is 2. The quantitative estimate of drug-likeness (QED) is 0.909. The molecule has 0 aliphatic rings. The first-order chi connectivity index (χ1) is 10.0. The Morgan fingerprint density at radius 2 is 2.00 bits per heavy atom. The van der Waals surface area contributed by atoms with Gasteiger partial charge in [0.1, 0.15) is 17.5 Å². The van der Waals surface area contributed by atoms with Crippen molar-refractivity contribution in [2.45, 2.75) is 13.3 Å². The number of hydrogen-bond acceptors (Lipinski definition) is 3. The van der Waals surface area contributed by atoms with Crippen LogP contribution in [-0.2, 0) is 6.42 Å². The zero-order valence-corrected chi connectivity index (χ0v) is 11.7. The molecule has 2 aromatic rings. The molecule has 21 heavy (non-hydrogen) atoms. The Morgan fingerprint density at radius 1 is 1.24 bits per heavy atom. The lowest BCUT2D eigenvalue weighted by Crippen LogP contribution is -2.14. The predicted octanol–water partition coefficient (Wildman–Crippen LogP) is 3.22. The van der Waals surface area contributed by atoms with Crippen LogP contribution in [0.5, 0.6) is 0 Å². The third kappa shape index (κ3) is 3.53. The number of aryl methyl sites for hydroxylation is 1. The molecule has 0 saturated heterocycles. The summed E-state index contributed by atoms with van der Waals surface area (Å²) in [6.07, 6.45) is 0.657. The number of halogens is 2. The minimum Gasteiger partial charge on any atom is -0.373 e. The van der Waals surface area contributed by atoms with Gasteiger partial charge in [-0.2, -0.15) is 0 Å². The standard InChI is InChI=1S/C15H15F2N3O/c1-3-11-6-9(7-14(18-2)19-11)15(21)20-13-8-10(16)4-5-12(13)17/h4-8H,3H2,1-2H3,(H,18,19)(H,20,21). The maximum absolute atomic E-state index is 13.5. The van der Waals surface area contributed by atoms with E-state index in [0.29, 0.717) is 17.8 Å². The molecule has 0 spiro atoms. The van der Waals surface area contributed by atoms with Crippen LogP contribution in [0.25, 0.3) is 0 Å². The van der Waals surface area contributed by atoms with Crippen molar-refractivity contribution in [2.24, 2.45) is 0 Å². The molecule has 110 valence electrons. The van der Waals surface area contributed by atoms with Crippen LogP contribution >= 0.6 is 0 Å². The highest BCUT2D eigenvalue weighted by atomic mass is 19.1. The summed E-state index contributed by atoms with van der Waals surface area (Å²) in [6, 6.07) is 6.06. The molecule has 6 heteroatoms. The Labute approximate surface area is 121 Å². The molecule has 2 rings (SSSR count). The Morgan fingerprint density at radius 3 is 2.67 bits per heavy atom. The van der Waals surface area contributed by atoms with Gasteiger partial charge in [-0.25, -0.2) is 13.8 Å². The predicted molar refractivity (Wildman–Crippen MR) is 77.5 cm³/mol. The van der Waals surface area contributed by atoms with Gasteiger partial charge in [0.05, 0.1) is 5.69 Å². The highest BCUT2D eigenvalue weighted by molar-refractivity contribution is 6.04. The van der Waals surface area contributed by atoms with Crippen molar-refractivity contribution in [1.29, 1.82) is 0 Å². The van der Waals surface area contributed by atoms with Crippen LogP contribution in [0.4, 0.5) is 20.3 Å². The summed E-state index contributed by atoms with van der Waals surface area (Å²) >= 11 is 0. The first kappa shape index (κ1) is 14.9. The van der Waals surface area contributed by atoms with Gasteiger partial charge in [0.15, 0.2) is 0 Å². The monoisotopic (exact) mass is 291 g/mol. The van der Waals surface area contributed by atoms with Crippen LogP contribution in [-0.4, -0.2) is 17.9 Å². The Bertz CT molecular complexity index is 652. The summed E-state index contributed by atoms with van der Waals surface area (Å²) in [6.45, 7) is 1.91. The van der Waals surface area contributed by atoms with Crippen LogP contribution < -0.4 is 10.6 Å². The molecule has 2 N–H and O–H groups in total. The summed E-state index contributed by atoms with van der Waals surface area (Å²) in [5, 5.41) is 5.22. The van der Waals surface area contributed by atoms with E-state index < -0.39 is 17.5 Å². The van der Waals surface area contributed by atoms with Crippen molar-refractivity contribution >= 4 is 17.4 Å². The Kier molecular flexibility index (Phi) is 4.47. The number of nitrogens with zero attached hydrogens (tertiary/aromatic N) is 1. The number of benzene rings is 1. The molecule has 0 unspecified atom stereocenters. The van der Waals surface area contributed by atoms with Gasteiger partial charge in [-0.1, -0.05) is 6.92 Å². The zero-order valence-electron chi connectivity index (χ0n) is 11.7. The van der Waals surface area contributed by atoms with Crippen molar-refractivity contribution in [3.05, 3.63) is 53.2 Å². The molecule has 0 aliphatic heterocycles. The summed E-state index contributed by atoms with van der Waals surface area (Å²) in [4.78, 5) is 16.4. The molecule has 0 radical (unpaired) electrons. The number of aromatic nitrogens is 1. The van der Waals surface area contributed by atoms with Crippen molar-refractivity contribution in [2.75, 3.05) is 17.7 Å². The minimum atomic E-state index is -0.691. The molecular weight excluding hydrogens is 276 g/mol. The van der Waals surface area contributed by atoms with Crippen molar-refractivity contribution in [3.63, 3.8) is 0 Å². The van der Waals surface area contributed by atoms with E-state index in [1.807, 2.05) is 6.92 Å². The second kappa shape index (κ2) is 6.30. The van der Waals surface area contributed by atoms with Crippen LogP contribution in [0.15, 0.2) is 30.3 Å². The van der Waals surface area contributed by atoms with Crippen molar-refractivity contribution in [1.82, 2.24) is 4.98 Å². The third-order valence-corrected chi connectivity index (χ3v) is 2.94.